The summed E-state index contributed by atoms with van der Waals surface area (Å²) in [5, 5.41) is 2.67. The molecule has 0 saturated carbocycles. The number of amides is 1. The van der Waals surface area contributed by atoms with E-state index >= 15 is 0 Å². The molecular formula is C15H23N3O4S. The lowest BCUT2D eigenvalue weighted by Crippen LogP contribution is -2.40. The first-order valence-electron chi connectivity index (χ1n) is 7.69. The van der Waals surface area contributed by atoms with Gasteiger partial charge in [-0.1, -0.05) is 19.4 Å². The van der Waals surface area contributed by atoms with Crippen LogP contribution in [0.4, 0.5) is 5.69 Å². The predicted octanol–water partition coefficient (Wildman–Crippen LogP) is 0.773. The van der Waals surface area contributed by atoms with Crippen LogP contribution in [0, 0.1) is 0 Å². The number of nitrogens with zero attached hydrogens (tertiary/aromatic N) is 1. The fourth-order valence-electron chi connectivity index (χ4n) is 2.35. The molecule has 1 amide bonds. The highest BCUT2D eigenvalue weighted by Gasteiger charge is 2.26. The Bertz CT molecular complexity index is 642. The Kier molecular flexibility index (Phi) is 6.11. The van der Waals surface area contributed by atoms with Crippen molar-refractivity contribution < 1.29 is 17.9 Å². The summed E-state index contributed by atoms with van der Waals surface area (Å²) in [6.45, 7) is 3.40. The lowest BCUT2D eigenvalue weighted by Gasteiger charge is -2.26. The van der Waals surface area contributed by atoms with E-state index in [9.17, 15) is 13.2 Å². The molecule has 0 bridgehead atoms. The Hall–Kier alpha value is -1.48. The van der Waals surface area contributed by atoms with Crippen molar-refractivity contribution in [3.8, 4) is 0 Å². The lowest BCUT2D eigenvalue weighted by molar-refractivity contribution is -0.117. The predicted molar refractivity (Wildman–Crippen MR) is 87.5 cm³/mol. The highest BCUT2D eigenvalue weighted by molar-refractivity contribution is 7.89. The number of sulfonamides is 1. The third-order valence-electron chi connectivity index (χ3n) is 3.65. The average Bonchev–Trinajstić information content (AvgIpc) is 2.56. The second-order valence-corrected chi connectivity index (χ2v) is 7.37. The van der Waals surface area contributed by atoms with Gasteiger partial charge in [0.2, 0.25) is 15.9 Å². The van der Waals surface area contributed by atoms with E-state index in [1.807, 2.05) is 6.92 Å². The van der Waals surface area contributed by atoms with Crippen LogP contribution in [0.2, 0.25) is 0 Å². The van der Waals surface area contributed by atoms with E-state index in [1.165, 1.54) is 16.4 Å². The molecule has 1 saturated heterocycles. The van der Waals surface area contributed by atoms with Crippen molar-refractivity contribution in [2.45, 2.75) is 30.7 Å². The zero-order valence-corrected chi connectivity index (χ0v) is 14.0. The molecule has 7 nitrogen and oxygen atoms in total. The largest absolute Gasteiger partial charge is 0.379 e. The van der Waals surface area contributed by atoms with Crippen LogP contribution in [-0.4, -0.2) is 51.0 Å². The van der Waals surface area contributed by atoms with Crippen LogP contribution in [0.3, 0.4) is 0 Å². The van der Waals surface area contributed by atoms with Gasteiger partial charge in [0.15, 0.2) is 0 Å². The van der Waals surface area contributed by atoms with Crippen molar-refractivity contribution in [1.29, 1.82) is 0 Å². The number of carbonyl (C=O) groups excluding carboxylic acids is 1. The monoisotopic (exact) mass is 341 g/mol. The maximum absolute atomic E-state index is 12.6. The van der Waals surface area contributed by atoms with Crippen molar-refractivity contribution in [1.82, 2.24) is 4.31 Å². The van der Waals surface area contributed by atoms with E-state index in [0.29, 0.717) is 38.4 Å². The minimum Gasteiger partial charge on any atom is -0.379 e. The molecule has 2 rings (SSSR count). The van der Waals surface area contributed by atoms with Crippen molar-refractivity contribution in [3.05, 3.63) is 24.3 Å². The number of ether oxygens (including phenoxy) is 1. The van der Waals surface area contributed by atoms with Crippen LogP contribution in [0.1, 0.15) is 19.8 Å². The smallest absolute Gasteiger partial charge is 0.243 e. The SMILES string of the molecule is CCCC(N)C(=O)Nc1cccc(S(=O)(=O)N2CCOCC2)c1. The van der Waals surface area contributed by atoms with Gasteiger partial charge in [0.25, 0.3) is 0 Å². The topological polar surface area (TPSA) is 102 Å². The molecule has 3 N–H and O–H groups in total. The van der Waals surface area contributed by atoms with Crippen LogP contribution in [0.15, 0.2) is 29.2 Å². The Morgan fingerprint density at radius 1 is 1.39 bits per heavy atom. The summed E-state index contributed by atoms with van der Waals surface area (Å²) in [6.07, 6.45) is 1.39. The molecule has 0 radical (unpaired) electrons. The van der Waals surface area contributed by atoms with E-state index < -0.39 is 16.1 Å². The van der Waals surface area contributed by atoms with Gasteiger partial charge in [-0.25, -0.2) is 8.42 Å². The van der Waals surface area contributed by atoms with Crippen molar-refractivity contribution in [2.24, 2.45) is 5.73 Å². The molecule has 1 atom stereocenters. The highest BCUT2D eigenvalue weighted by Crippen LogP contribution is 2.20. The third-order valence-corrected chi connectivity index (χ3v) is 5.54. The maximum Gasteiger partial charge on any atom is 0.243 e. The summed E-state index contributed by atoms with van der Waals surface area (Å²) in [6, 6.07) is 5.64. The zero-order chi connectivity index (χ0) is 16.9. The number of hydrogen-bond acceptors (Lipinski definition) is 5. The van der Waals surface area contributed by atoms with E-state index in [1.54, 1.807) is 12.1 Å². The number of rotatable bonds is 6. The molecule has 23 heavy (non-hydrogen) atoms. The molecule has 128 valence electrons. The summed E-state index contributed by atoms with van der Waals surface area (Å²) in [5.74, 6) is -0.312. The van der Waals surface area contributed by atoms with E-state index in [0.717, 1.165) is 6.42 Å². The number of benzene rings is 1. The second-order valence-electron chi connectivity index (χ2n) is 5.43. The summed E-state index contributed by atoms with van der Waals surface area (Å²) >= 11 is 0. The molecule has 0 aromatic heterocycles. The minimum atomic E-state index is -3.58. The van der Waals surface area contributed by atoms with Gasteiger partial charge in [0.1, 0.15) is 0 Å². The first-order chi connectivity index (χ1) is 10.9. The van der Waals surface area contributed by atoms with Crippen LogP contribution in [0.5, 0.6) is 0 Å². The normalized spacial score (nSPS) is 17.7. The van der Waals surface area contributed by atoms with Gasteiger partial charge in [-0.05, 0) is 24.6 Å². The highest BCUT2D eigenvalue weighted by atomic mass is 32.2. The third kappa shape index (κ3) is 4.51. The summed E-state index contributed by atoms with van der Waals surface area (Å²) in [4.78, 5) is 12.1. The Morgan fingerprint density at radius 2 is 2.09 bits per heavy atom. The van der Waals surface area contributed by atoms with Crippen LogP contribution >= 0.6 is 0 Å². The number of hydrogen-bond donors (Lipinski definition) is 2. The second kappa shape index (κ2) is 7.87. The quantitative estimate of drug-likeness (QED) is 0.796. The van der Waals surface area contributed by atoms with E-state index in [4.69, 9.17) is 10.5 Å². The number of carbonyl (C=O) groups is 1. The Labute approximate surface area is 136 Å². The maximum atomic E-state index is 12.6. The summed E-state index contributed by atoms with van der Waals surface area (Å²) < 4.78 is 31.8. The van der Waals surface area contributed by atoms with Crippen molar-refractivity contribution in [3.63, 3.8) is 0 Å². The number of nitrogens with two attached hydrogens (primary N) is 1. The first kappa shape index (κ1) is 17.9. The van der Waals surface area contributed by atoms with Crippen LogP contribution in [-0.2, 0) is 19.6 Å². The van der Waals surface area contributed by atoms with Crippen molar-refractivity contribution >= 4 is 21.6 Å². The summed E-state index contributed by atoms with van der Waals surface area (Å²) in [5.41, 5.74) is 6.19. The zero-order valence-electron chi connectivity index (χ0n) is 13.2. The first-order valence-corrected chi connectivity index (χ1v) is 9.13. The van der Waals surface area contributed by atoms with Crippen molar-refractivity contribution in [2.75, 3.05) is 31.6 Å². The Balaban J connectivity index is 2.14. The molecule has 1 aliphatic heterocycles. The fraction of sp³-hybridized carbons (Fsp3) is 0.533. The fourth-order valence-corrected chi connectivity index (χ4v) is 3.80. The van der Waals surface area contributed by atoms with Crippen LogP contribution in [0.25, 0.3) is 0 Å². The molecule has 1 heterocycles. The minimum absolute atomic E-state index is 0.154. The number of anilines is 1. The lowest BCUT2D eigenvalue weighted by atomic mass is 10.1. The number of morpholine rings is 1. The molecule has 1 fully saturated rings. The van der Waals surface area contributed by atoms with Gasteiger partial charge in [0, 0.05) is 18.8 Å². The van der Waals surface area contributed by atoms with Gasteiger partial charge < -0.3 is 15.8 Å². The van der Waals surface area contributed by atoms with Gasteiger partial charge >= 0.3 is 0 Å². The van der Waals surface area contributed by atoms with Gasteiger partial charge in [-0.3, -0.25) is 4.79 Å². The van der Waals surface area contributed by atoms with E-state index in [2.05, 4.69) is 5.32 Å². The molecule has 0 aliphatic carbocycles. The Morgan fingerprint density at radius 3 is 2.74 bits per heavy atom. The molecule has 0 spiro atoms. The molecule has 8 heteroatoms. The molecule has 1 aromatic rings. The van der Waals surface area contributed by atoms with Crippen LogP contribution < -0.4 is 11.1 Å². The van der Waals surface area contributed by atoms with Gasteiger partial charge in [-0.15, -0.1) is 0 Å². The standard InChI is InChI=1S/C15H23N3O4S/c1-2-4-14(16)15(19)17-12-5-3-6-13(11-12)23(20,21)18-7-9-22-10-8-18/h3,5-6,11,14H,2,4,7-10,16H2,1H3,(H,17,19). The molecule has 1 unspecified atom stereocenters. The molecule has 1 aliphatic rings. The molecule has 1 aromatic carbocycles. The number of nitrogens with one attached hydrogen (secondary N) is 1. The molecular weight excluding hydrogens is 318 g/mol. The van der Waals surface area contributed by atoms with Gasteiger partial charge in [0.05, 0.1) is 24.2 Å². The average molecular weight is 341 g/mol. The van der Waals surface area contributed by atoms with E-state index in [-0.39, 0.29) is 10.8 Å². The summed E-state index contributed by atoms with van der Waals surface area (Å²) in [7, 11) is -3.58. The van der Waals surface area contributed by atoms with Gasteiger partial charge in [-0.2, -0.15) is 4.31 Å².